The van der Waals surface area contributed by atoms with Gasteiger partial charge in [-0.1, -0.05) is 35.0 Å². The van der Waals surface area contributed by atoms with Gasteiger partial charge < -0.3 is 9.63 Å². The molecule has 1 atom stereocenters. The molecular weight excluding hydrogens is 358 g/mol. The second-order valence-electron chi connectivity index (χ2n) is 6.61. The fourth-order valence-electron chi connectivity index (χ4n) is 3.26. The van der Waals surface area contributed by atoms with E-state index in [1.807, 2.05) is 19.1 Å². The van der Waals surface area contributed by atoms with Crippen molar-refractivity contribution in [3.63, 3.8) is 0 Å². The molecule has 1 fully saturated rings. The van der Waals surface area contributed by atoms with Gasteiger partial charge in [0.05, 0.1) is 11.6 Å². The minimum Gasteiger partial charge on any atom is -0.507 e. The van der Waals surface area contributed by atoms with Crippen molar-refractivity contribution >= 4 is 23.3 Å². The predicted octanol–water partition coefficient (Wildman–Crippen LogP) is 3.31. The lowest BCUT2D eigenvalue weighted by Gasteiger charge is -2.22. The van der Waals surface area contributed by atoms with Crippen LogP contribution < -0.4 is 4.90 Å². The van der Waals surface area contributed by atoms with E-state index in [1.165, 1.54) is 4.90 Å². The first-order chi connectivity index (χ1) is 13.5. The number of aromatic nitrogens is 2. The molecule has 0 bridgehead atoms. The van der Waals surface area contributed by atoms with Crippen LogP contribution in [0, 0.1) is 13.8 Å². The number of rotatable bonds is 3. The van der Waals surface area contributed by atoms with Gasteiger partial charge in [-0.05, 0) is 31.5 Å². The zero-order valence-corrected chi connectivity index (χ0v) is 15.3. The van der Waals surface area contributed by atoms with Crippen molar-refractivity contribution in [2.45, 2.75) is 19.9 Å². The molecule has 7 heteroatoms. The lowest BCUT2D eigenvalue weighted by molar-refractivity contribution is -0.132. The van der Waals surface area contributed by atoms with Crippen LogP contribution in [0.2, 0.25) is 0 Å². The fraction of sp³-hybridized carbons (Fsp3) is 0.143. The SMILES string of the molecule is Cc1ccc(/C(O)=C2/C(=O)C(=O)N(c3cc(C)on3)C2c2ccncc2)cc1. The van der Waals surface area contributed by atoms with Crippen molar-refractivity contribution in [1.29, 1.82) is 0 Å². The molecule has 1 aliphatic heterocycles. The zero-order valence-electron chi connectivity index (χ0n) is 15.3. The summed E-state index contributed by atoms with van der Waals surface area (Å²) in [6.45, 7) is 3.62. The summed E-state index contributed by atoms with van der Waals surface area (Å²) in [5.74, 6) is -1.07. The molecule has 7 nitrogen and oxygen atoms in total. The smallest absolute Gasteiger partial charge is 0.301 e. The number of hydrogen-bond acceptors (Lipinski definition) is 6. The van der Waals surface area contributed by atoms with Gasteiger partial charge in [-0.2, -0.15) is 0 Å². The molecule has 3 aromatic rings. The van der Waals surface area contributed by atoms with Crippen molar-refractivity contribution in [2.75, 3.05) is 4.90 Å². The van der Waals surface area contributed by atoms with Crippen LogP contribution >= 0.6 is 0 Å². The van der Waals surface area contributed by atoms with E-state index in [0.29, 0.717) is 16.9 Å². The highest BCUT2D eigenvalue weighted by Crippen LogP contribution is 2.41. The number of anilines is 1. The summed E-state index contributed by atoms with van der Waals surface area (Å²) >= 11 is 0. The van der Waals surface area contributed by atoms with Crippen LogP contribution in [-0.4, -0.2) is 26.9 Å². The largest absolute Gasteiger partial charge is 0.507 e. The monoisotopic (exact) mass is 375 g/mol. The molecule has 1 unspecified atom stereocenters. The minimum atomic E-state index is -0.839. The Hall–Kier alpha value is -3.74. The van der Waals surface area contributed by atoms with Gasteiger partial charge in [0.2, 0.25) is 0 Å². The van der Waals surface area contributed by atoms with Gasteiger partial charge in [0.1, 0.15) is 11.5 Å². The standard InChI is InChI=1S/C21H17N3O4/c1-12-3-5-15(6-4-12)19(25)17-18(14-7-9-22-10-8-14)24(21(27)20(17)26)16-11-13(2)28-23-16/h3-11,18,25H,1-2H3/b19-17-. The highest BCUT2D eigenvalue weighted by Gasteiger charge is 2.48. The Balaban J connectivity index is 1.93. The second-order valence-corrected chi connectivity index (χ2v) is 6.61. The lowest BCUT2D eigenvalue weighted by atomic mass is 9.95. The van der Waals surface area contributed by atoms with E-state index >= 15 is 0 Å². The van der Waals surface area contributed by atoms with Crippen LogP contribution in [0.4, 0.5) is 5.82 Å². The van der Waals surface area contributed by atoms with Gasteiger partial charge in [-0.15, -0.1) is 0 Å². The number of carbonyl (C=O) groups is 2. The van der Waals surface area contributed by atoms with E-state index in [4.69, 9.17) is 4.52 Å². The van der Waals surface area contributed by atoms with Crippen LogP contribution in [0.1, 0.15) is 28.5 Å². The van der Waals surface area contributed by atoms with E-state index < -0.39 is 17.7 Å². The highest BCUT2D eigenvalue weighted by molar-refractivity contribution is 6.51. The Bertz CT molecular complexity index is 1080. The number of amides is 1. The first kappa shape index (κ1) is 17.7. The molecule has 1 saturated heterocycles. The Labute approximate surface area is 160 Å². The molecule has 0 spiro atoms. The normalized spacial score (nSPS) is 18.6. The molecule has 2 aromatic heterocycles. The summed E-state index contributed by atoms with van der Waals surface area (Å²) in [6.07, 6.45) is 3.13. The molecule has 28 heavy (non-hydrogen) atoms. The number of ketones is 1. The topological polar surface area (TPSA) is 96.5 Å². The fourth-order valence-corrected chi connectivity index (χ4v) is 3.26. The third-order valence-electron chi connectivity index (χ3n) is 4.65. The van der Waals surface area contributed by atoms with Crippen molar-refractivity contribution in [1.82, 2.24) is 10.1 Å². The van der Waals surface area contributed by atoms with Gasteiger partial charge in [0.15, 0.2) is 5.82 Å². The molecule has 1 aliphatic rings. The number of hydrogen-bond donors (Lipinski definition) is 1. The van der Waals surface area contributed by atoms with Crippen molar-refractivity contribution in [2.24, 2.45) is 0 Å². The molecule has 1 aromatic carbocycles. The van der Waals surface area contributed by atoms with Gasteiger partial charge in [0.25, 0.3) is 5.78 Å². The highest BCUT2D eigenvalue weighted by atomic mass is 16.5. The molecule has 3 heterocycles. The average molecular weight is 375 g/mol. The summed E-state index contributed by atoms with van der Waals surface area (Å²) < 4.78 is 5.09. The van der Waals surface area contributed by atoms with E-state index in [1.54, 1.807) is 49.6 Å². The Morgan fingerprint density at radius 3 is 2.36 bits per heavy atom. The van der Waals surface area contributed by atoms with Crippen molar-refractivity contribution in [3.05, 3.63) is 82.9 Å². The zero-order chi connectivity index (χ0) is 19.8. The maximum absolute atomic E-state index is 12.9. The van der Waals surface area contributed by atoms with Crippen molar-refractivity contribution in [3.8, 4) is 0 Å². The number of nitrogens with zero attached hydrogens (tertiary/aromatic N) is 3. The van der Waals surface area contributed by atoms with E-state index in [9.17, 15) is 14.7 Å². The molecule has 0 radical (unpaired) electrons. The number of aliphatic hydroxyl groups excluding tert-OH is 1. The Morgan fingerprint density at radius 2 is 1.75 bits per heavy atom. The number of Topliss-reactive ketones (excluding diaryl/α,β-unsaturated/α-hetero) is 1. The first-order valence-electron chi connectivity index (χ1n) is 8.68. The van der Waals surface area contributed by atoms with Crippen LogP contribution in [0.15, 0.2) is 65.0 Å². The molecule has 4 rings (SSSR count). The van der Waals surface area contributed by atoms with E-state index in [2.05, 4.69) is 10.1 Å². The quantitative estimate of drug-likeness (QED) is 0.429. The van der Waals surface area contributed by atoms with Gasteiger partial charge in [-0.25, -0.2) is 0 Å². The second kappa shape index (κ2) is 6.77. The number of benzene rings is 1. The minimum absolute atomic E-state index is 0.000654. The summed E-state index contributed by atoms with van der Waals surface area (Å²) in [5, 5.41) is 14.8. The van der Waals surface area contributed by atoms with Crippen molar-refractivity contribution < 1.29 is 19.2 Å². The maximum Gasteiger partial charge on any atom is 0.301 e. The number of carbonyl (C=O) groups excluding carboxylic acids is 2. The molecule has 1 N–H and O–H groups in total. The summed E-state index contributed by atoms with van der Waals surface area (Å²) in [7, 11) is 0. The van der Waals surface area contributed by atoms with E-state index in [0.717, 1.165) is 5.56 Å². The van der Waals surface area contributed by atoms with Gasteiger partial charge in [-0.3, -0.25) is 19.5 Å². The predicted molar refractivity (Wildman–Crippen MR) is 101 cm³/mol. The molecule has 0 aliphatic carbocycles. The molecule has 0 saturated carbocycles. The summed E-state index contributed by atoms with van der Waals surface area (Å²) in [4.78, 5) is 30.9. The average Bonchev–Trinajstić information content (AvgIpc) is 3.24. The van der Waals surface area contributed by atoms with Crippen LogP contribution in [0.5, 0.6) is 0 Å². The summed E-state index contributed by atoms with van der Waals surface area (Å²) in [5.41, 5.74) is 2.10. The Morgan fingerprint density at radius 1 is 1.07 bits per heavy atom. The number of pyridine rings is 1. The molecule has 1 amide bonds. The number of aliphatic hydroxyl groups is 1. The molecule has 140 valence electrons. The number of aryl methyl sites for hydroxylation is 2. The summed E-state index contributed by atoms with van der Waals surface area (Å²) in [6, 6.07) is 11.2. The van der Waals surface area contributed by atoms with Crippen LogP contribution in [0.25, 0.3) is 5.76 Å². The Kier molecular flexibility index (Phi) is 4.27. The lowest BCUT2D eigenvalue weighted by Crippen LogP contribution is -2.29. The third kappa shape index (κ3) is 2.87. The maximum atomic E-state index is 12.9. The van der Waals surface area contributed by atoms with Crippen LogP contribution in [-0.2, 0) is 9.59 Å². The third-order valence-corrected chi connectivity index (χ3v) is 4.65. The molecular formula is C21H17N3O4. The van der Waals surface area contributed by atoms with E-state index in [-0.39, 0.29) is 17.2 Å². The van der Waals surface area contributed by atoms with Gasteiger partial charge >= 0.3 is 5.91 Å². The first-order valence-corrected chi connectivity index (χ1v) is 8.68. The van der Waals surface area contributed by atoms with Crippen LogP contribution in [0.3, 0.4) is 0 Å². The van der Waals surface area contributed by atoms with Gasteiger partial charge in [0, 0.05) is 24.0 Å².